The SMILES string of the molecule is C1CC2CCC3CCNCC3C2C1. The van der Waals surface area contributed by atoms with Gasteiger partial charge in [-0.15, -0.1) is 0 Å². The number of rotatable bonds is 0. The van der Waals surface area contributed by atoms with Crippen LogP contribution in [0.1, 0.15) is 38.5 Å². The number of hydrogen-bond donors (Lipinski definition) is 1. The lowest BCUT2D eigenvalue weighted by Gasteiger charge is -2.43. The van der Waals surface area contributed by atoms with Crippen LogP contribution in [0.5, 0.6) is 0 Å². The van der Waals surface area contributed by atoms with Gasteiger partial charge in [0.25, 0.3) is 0 Å². The number of fused-ring (bicyclic) bond motifs is 3. The van der Waals surface area contributed by atoms with E-state index in [1.165, 1.54) is 25.9 Å². The first-order valence-corrected chi connectivity index (χ1v) is 6.16. The van der Waals surface area contributed by atoms with Crippen LogP contribution in [0.4, 0.5) is 0 Å². The van der Waals surface area contributed by atoms with Gasteiger partial charge in [-0.25, -0.2) is 0 Å². The molecule has 3 fully saturated rings. The zero-order valence-corrected chi connectivity index (χ0v) is 8.47. The summed E-state index contributed by atoms with van der Waals surface area (Å²) >= 11 is 0. The Hall–Kier alpha value is -0.0400. The molecule has 4 atom stereocenters. The summed E-state index contributed by atoms with van der Waals surface area (Å²) in [7, 11) is 0. The van der Waals surface area contributed by atoms with Crippen LogP contribution in [0, 0.1) is 23.7 Å². The highest BCUT2D eigenvalue weighted by Gasteiger charge is 2.42. The summed E-state index contributed by atoms with van der Waals surface area (Å²) in [5, 5.41) is 3.60. The highest BCUT2D eigenvalue weighted by Crippen LogP contribution is 2.49. The number of hydrogen-bond acceptors (Lipinski definition) is 1. The minimum absolute atomic E-state index is 1.06. The molecule has 0 spiro atoms. The summed E-state index contributed by atoms with van der Waals surface area (Å²) in [6.45, 7) is 2.63. The molecular weight excluding hydrogens is 158 g/mol. The number of piperidine rings is 1. The predicted octanol–water partition coefficient (Wildman–Crippen LogP) is 2.42. The maximum absolute atomic E-state index is 3.60. The van der Waals surface area contributed by atoms with Gasteiger partial charge in [-0.3, -0.25) is 0 Å². The molecule has 1 aliphatic heterocycles. The van der Waals surface area contributed by atoms with Crippen LogP contribution in [0.25, 0.3) is 0 Å². The average molecular weight is 179 g/mol. The Kier molecular flexibility index (Phi) is 2.08. The van der Waals surface area contributed by atoms with Crippen LogP contribution in [0.3, 0.4) is 0 Å². The molecule has 1 heteroatoms. The van der Waals surface area contributed by atoms with E-state index >= 15 is 0 Å². The fourth-order valence-electron chi connectivity index (χ4n) is 4.21. The summed E-state index contributed by atoms with van der Waals surface area (Å²) in [6, 6.07) is 0. The molecule has 0 amide bonds. The fourth-order valence-corrected chi connectivity index (χ4v) is 4.21. The van der Waals surface area contributed by atoms with Gasteiger partial charge >= 0.3 is 0 Å². The third-order valence-corrected chi connectivity index (χ3v) is 4.85. The molecule has 1 heterocycles. The van der Waals surface area contributed by atoms with Crippen LogP contribution in [-0.4, -0.2) is 13.1 Å². The normalized spacial score (nSPS) is 49.8. The van der Waals surface area contributed by atoms with E-state index in [9.17, 15) is 0 Å². The van der Waals surface area contributed by atoms with Gasteiger partial charge in [0.15, 0.2) is 0 Å². The van der Waals surface area contributed by atoms with Crippen molar-refractivity contribution in [3.63, 3.8) is 0 Å². The molecular formula is C12H21N. The van der Waals surface area contributed by atoms with Crippen molar-refractivity contribution in [1.82, 2.24) is 5.32 Å². The van der Waals surface area contributed by atoms with Crippen molar-refractivity contribution in [2.75, 3.05) is 13.1 Å². The fraction of sp³-hybridized carbons (Fsp3) is 1.00. The van der Waals surface area contributed by atoms with Gasteiger partial charge in [0.2, 0.25) is 0 Å². The van der Waals surface area contributed by atoms with Crippen molar-refractivity contribution in [3.8, 4) is 0 Å². The minimum atomic E-state index is 1.06. The van der Waals surface area contributed by atoms with E-state index in [2.05, 4.69) is 5.32 Å². The highest BCUT2D eigenvalue weighted by molar-refractivity contribution is 4.93. The lowest BCUT2D eigenvalue weighted by atomic mass is 9.66. The standard InChI is InChI=1S/C12H21N/c1-2-9-4-5-10-6-7-13-8-12(10)11(9)3-1/h9-13H,1-8H2. The van der Waals surface area contributed by atoms with E-state index in [0.29, 0.717) is 0 Å². The van der Waals surface area contributed by atoms with Gasteiger partial charge in [-0.1, -0.05) is 12.8 Å². The molecule has 13 heavy (non-hydrogen) atoms. The molecule has 4 unspecified atom stereocenters. The molecule has 0 bridgehead atoms. The van der Waals surface area contributed by atoms with Crippen LogP contribution in [0.15, 0.2) is 0 Å². The zero-order chi connectivity index (χ0) is 8.67. The van der Waals surface area contributed by atoms with Crippen molar-refractivity contribution in [3.05, 3.63) is 0 Å². The van der Waals surface area contributed by atoms with Gasteiger partial charge in [-0.2, -0.15) is 0 Å². The molecule has 74 valence electrons. The molecule has 3 aliphatic rings. The van der Waals surface area contributed by atoms with Gasteiger partial charge in [0, 0.05) is 0 Å². The molecule has 1 saturated heterocycles. The van der Waals surface area contributed by atoms with E-state index < -0.39 is 0 Å². The second-order valence-electron chi connectivity index (χ2n) is 5.35. The first-order valence-electron chi connectivity index (χ1n) is 6.16. The quantitative estimate of drug-likeness (QED) is 0.602. The Morgan fingerprint density at radius 1 is 0.769 bits per heavy atom. The second-order valence-corrected chi connectivity index (χ2v) is 5.35. The van der Waals surface area contributed by atoms with Crippen LogP contribution < -0.4 is 5.32 Å². The monoisotopic (exact) mass is 179 g/mol. The van der Waals surface area contributed by atoms with Crippen molar-refractivity contribution in [2.45, 2.75) is 38.5 Å². The summed E-state index contributed by atoms with van der Waals surface area (Å²) in [6.07, 6.45) is 9.20. The molecule has 0 aromatic carbocycles. The van der Waals surface area contributed by atoms with Gasteiger partial charge in [-0.05, 0) is 62.4 Å². The van der Waals surface area contributed by atoms with Crippen LogP contribution in [0.2, 0.25) is 0 Å². The second kappa shape index (κ2) is 3.27. The molecule has 3 rings (SSSR count). The van der Waals surface area contributed by atoms with Crippen molar-refractivity contribution < 1.29 is 0 Å². The Morgan fingerprint density at radius 3 is 2.54 bits per heavy atom. The molecule has 1 nitrogen and oxygen atoms in total. The van der Waals surface area contributed by atoms with Crippen molar-refractivity contribution in [1.29, 1.82) is 0 Å². The maximum Gasteiger partial charge on any atom is -0.00151 e. The summed E-state index contributed by atoms with van der Waals surface area (Å²) in [5.74, 6) is 4.41. The van der Waals surface area contributed by atoms with E-state index in [4.69, 9.17) is 0 Å². The zero-order valence-electron chi connectivity index (χ0n) is 8.47. The van der Waals surface area contributed by atoms with Crippen molar-refractivity contribution >= 4 is 0 Å². The minimum Gasteiger partial charge on any atom is -0.316 e. The third-order valence-electron chi connectivity index (χ3n) is 4.85. The van der Waals surface area contributed by atoms with E-state index in [1.54, 1.807) is 25.7 Å². The first-order chi connectivity index (χ1) is 6.45. The maximum atomic E-state index is 3.60. The largest absolute Gasteiger partial charge is 0.316 e. The Labute approximate surface area is 81.3 Å². The smallest absolute Gasteiger partial charge is 0.00151 e. The van der Waals surface area contributed by atoms with Crippen LogP contribution >= 0.6 is 0 Å². The van der Waals surface area contributed by atoms with E-state index in [0.717, 1.165) is 23.7 Å². The summed E-state index contributed by atoms with van der Waals surface area (Å²) in [4.78, 5) is 0. The van der Waals surface area contributed by atoms with E-state index in [1.807, 2.05) is 0 Å². The summed E-state index contributed by atoms with van der Waals surface area (Å²) in [5.41, 5.74) is 0. The lowest BCUT2D eigenvalue weighted by molar-refractivity contribution is 0.0840. The predicted molar refractivity (Wildman–Crippen MR) is 54.5 cm³/mol. The molecule has 2 aliphatic carbocycles. The van der Waals surface area contributed by atoms with Gasteiger partial charge in [0.1, 0.15) is 0 Å². The third kappa shape index (κ3) is 1.32. The highest BCUT2D eigenvalue weighted by atomic mass is 14.9. The van der Waals surface area contributed by atoms with E-state index in [-0.39, 0.29) is 0 Å². The Morgan fingerprint density at radius 2 is 1.62 bits per heavy atom. The van der Waals surface area contributed by atoms with Crippen molar-refractivity contribution in [2.24, 2.45) is 23.7 Å². The van der Waals surface area contributed by atoms with Gasteiger partial charge < -0.3 is 5.32 Å². The number of nitrogens with one attached hydrogen (secondary N) is 1. The topological polar surface area (TPSA) is 12.0 Å². The summed E-state index contributed by atoms with van der Waals surface area (Å²) < 4.78 is 0. The molecule has 0 radical (unpaired) electrons. The van der Waals surface area contributed by atoms with Gasteiger partial charge in [0.05, 0.1) is 0 Å². The average Bonchev–Trinajstić information content (AvgIpc) is 2.65. The Balaban J connectivity index is 1.77. The Bertz CT molecular complexity index is 190. The first kappa shape index (κ1) is 8.28. The lowest BCUT2D eigenvalue weighted by Crippen LogP contribution is -2.44. The molecule has 2 saturated carbocycles. The van der Waals surface area contributed by atoms with Crippen LogP contribution in [-0.2, 0) is 0 Å². The molecule has 0 aromatic rings. The molecule has 1 N–H and O–H groups in total. The molecule has 0 aromatic heterocycles.